The van der Waals surface area contributed by atoms with Crippen molar-refractivity contribution < 1.29 is 27.5 Å². The highest BCUT2D eigenvalue weighted by molar-refractivity contribution is 7.89. The van der Waals surface area contributed by atoms with Gasteiger partial charge in [-0.25, -0.2) is 13.1 Å². The highest BCUT2D eigenvalue weighted by Crippen LogP contribution is 2.23. The Kier molecular flexibility index (Phi) is 5.29. The summed E-state index contributed by atoms with van der Waals surface area (Å²) in [5.41, 5.74) is 1.41. The SMILES string of the molecule is CNS(=O)(=O)c1cc(NC(=O)c2c(C)coc2CC(=O)O)ccc1C. The number of nitrogens with one attached hydrogen (secondary N) is 2. The van der Waals surface area contributed by atoms with E-state index in [0.717, 1.165) is 0 Å². The van der Waals surface area contributed by atoms with Gasteiger partial charge in [0.25, 0.3) is 5.91 Å². The molecule has 0 saturated heterocycles. The van der Waals surface area contributed by atoms with Gasteiger partial charge in [-0.2, -0.15) is 0 Å². The fourth-order valence-corrected chi connectivity index (χ4v) is 3.34. The second-order valence-electron chi connectivity index (χ2n) is 5.43. The minimum Gasteiger partial charge on any atom is -0.481 e. The molecule has 0 aliphatic rings. The van der Waals surface area contributed by atoms with E-state index < -0.39 is 28.3 Å². The fraction of sp³-hybridized carbons (Fsp3) is 0.250. The van der Waals surface area contributed by atoms with Crippen LogP contribution in [0.4, 0.5) is 5.69 Å². The summed E-state index contributed by atoms with van der Waals surface area (Å²) in [4.78, 5) is 23.4. The summed E-state index contributed by atoms with van der Waals surface area (Å²) < 4.78 is 31.4. The first-order valence-electron chi connectivity index (χ1n) is 7.30. The molecule has 134 valence electrons. The molecule has 1 amide bonds. The minimum absolute atomic E-state index is 0.0395. The van der Waals surface area contributed by atoms with E-state index in [4.69, 9.17) is 9.52 Å². The molecule has 0 radical (unpaired) electrons. The number of furan rings is 1. The van der Waals surface area contributed by atoms with Crippen LogP contribution in [0, 0.1) is 13.8 Å². The number of sulfonamides is 1. The van der Waals surface area contributed by atoms with Crippen molar-refractivity contribution >= 4 is 27.6 Å². The van der Waals surface area contributed by atoms with Gasteiger partial charge in [-0.1, -0.05) is 6.07 Å². The van der Waals surface area contributed by atoms with Gasteiger partial charge >= 0.3 is 5.97 Å². The lowest BCUT2D eigenvalue weighted by molar-refractivity contribution is -0.136. The number of carbonyl (C=O) groups excluding carboxylic acids is 1. The Morgan fingerprint density at radius 2 is 1.88 bits per heavy atom. The Labute approximate surface area is 144 Å². The molecule has 0 bridgehead atoms. The fourth-order valence-electron chi connectivity index (χ4n) is 2.34. The van der Waals surface area contributed by atoms with Crippen molar-refractivity contribution in [2.45, 2.75) is 25.2 Å². The zero-order chi connectivity index (χ0) is 18.8. The maximum absolute atomic E-state index is 12.5. The molecule has 0 fully saturated rings. The van der Waals surface area contributed by atoms with Gasteiger partial charge in [-0.15, -0.1) is 0 Å². The summed E-state index contributed by atoms with van der Waals surface area (Å²) in [6, 6.07) is 4.47. The van der Waals surface area contributed by atoms with Crippen LogP contribution in [-0.2, 0) is 21.2 Å². The first-order chi connectivity index (χ1) is 11.7. The number of hydrogen-bond acceptors (Lipinski definition) is 5. The monoisotopic (exact) mass is 366 g/mol. The number of rotatable bonds is 6. The number of benzene rings is 1. The highest BCUT2D eigenvalue weighted by atomic mass is 32.2. The largest absolute Gasteiger partial charge is 0.481 e. The summed E-state index contributed by atoms with van der Waals surface area (Å²) in [6.45, 7) is 3.26. The zero-order valence-electron chi connectivity index (χ0n) is 13.9. The predicted molar refractivity (Wildman–Crippen MR) is 90.2 cm³/mol. The van der Waals surface area contributed by atoms with Crippen LogP contribution in [0.15, 0.2) is 33.8 Å². The highest BCUT2D eigenvalue weighted by Gasteiger charge is 2.21. The van der Waals surface area contributed by atoms with Crippen LogP contribution >= 0.6 is 0 Å². The maximum Gasteiger partial charge on any atom is 0.311 e. The third-order valence-electron chi connectivity index (χ3n) is 3.59. The molecule has 25 heavy (non-hydrogen) atoms. The molecular formula is C16H18N2O6S. The van der Waals surface area contributed by atoms with E-state index >= 15 is 0 Å². The van der Waals surface area contributed by atoms with E-state index in [1.165, 1.54) is 19.4 Å². The van der Waals surface area contributed by atoms with Crippen LogP contribution in [0.25, 0.3) is 0 Å². The van der Waals surface area contributed by atoms with E-state index in [1.54, 1.807) is 26.0 Å². The van der Waals surface area contributed by atoms with Crippen molar-refractivity contribution in [1.29, 1.82) is 0 Å². The summed E-state index contributed by atoms with van der Waals surface area (Å²) in [5, 5.41) is 11.5. The molecule has 8 nitrogen and oxygen atoms in total. The van der Waals surface area contributed by atoms with Crippen LogP contribution in [0.5, 0.6) is 0 Å². The second-order valence-corrected chi connectivity index (χ2v) is 7.28. The molecule has 0 atom stereocenters. The number of aryl methyl sites for hydroxylation is 2. The second kappa shape index (κ2) is 7.08. The zero-order valence-corrected chi connectivity index (χ0v) is 14.7. The van der Waals surface area contributed by atoms with Crippen LogP contribution in [-0.4, -0.2) is 32.4 Å². The molecule has 9 heteroatoms. The molecule has 0 spiro atoms. The Bertz CT molecular complexity index is 930. The molecule has 3 N–H and O–H groups in total. The van der Waals surface area contributed by atoms with Crippen molar-refractivity contribution in [3.8, 4) is 0 Å². The summed E-state index contributed by atoms with van der Waals surface area (Å²) in [5.74, 6) is -1.65. The number of carboxylic acid groups (broad SMARTS) is 1. The van der Waals surface area contributed by atoms with Gasteiger partial charge in [0.2, 0.25) is 10.0 Å². The third-order valence-corrected chi connectivity index (χ3v) is 5.15. The lowest BCUT2D eigenvalue weighted by Crippen LogP contribution is -2.20. The number of anilines is 1. The third kappa shape index (κ3) is 4.06. The molecule has 2 rings (SSSR count). The normalized spacial score (nSPS) is 11.3. The van der Waals surface area contributed by atoms with E-state index in [-0.39, 0.29) is 21.9 Å². The number of carboxylic acids is 1. The van der Waals surface area contributed by atoms with Crippen LogP contribution < -0.4 is 10.0 Å². The van der Waals surface area contributed by atoms with Crippen LogP contribution in [0.3, 0.4) is 0 Å². The van der Waals surface area contributed by atoms with E-state index in [0.29, 0.717) is 11.1 Å². The van der Waals surface area contributed by atoms with Gasteiger partial charge < -0.3 is 14.8 Å². The van der Waals surface area contributed by atoms with Gasteiger partial charge in [-0.05, 0) is 38.6 Å². The van der Waals surface area contributed by atoms with Gasteiger partial charge in [-0.3, -0.25) is 9.59 Å². The maximum atomic E-state index is 12.5. The number of hydrogen-bond donors (Lipinski definition) is 3. The average molecular weight is 366 g/mol. The molecule has 0 aliphatic heterocycles. The summed E-state index contributed by atoms with van der Waals surface area (Å²) in [7, 11) is -2.37. The molecule has 1 aromatic carbocycles. The first kappa shape index (κ1) is 18.7. The van der Waals surface area contributed by atoms with E-state index in [1.807, 2.05) is 0 Å². The summed E-state index contributed by atoms with van der Waals surface area (Å²) >= 11 is 0. The van der Waals surface area contributed by atoms with Crippen molar-refractivity contribution in [3.63, 3.8) is 0 Å². The van der Waals surface area contributed by atoms with E-state index in [9.17, 15) is 18.0 Å². The number of amides is 1. The number of carbonyl (C=O) groups is 2. The molecule has 0 unspecified atom stereocenters. The number of aliphatic carboxylic acids is 1. The Hall–Kier alpha value is -2.65. The Morgan fingerprint density at radius 1 is 1.20 bits per heavy atom. The van der Waals surface area contributed by atoms with Crippen molar-refractivity contribution in [3.05, 3.63) is 46.9 Å². The van der Waals surface area contributed by atoms with Crippen LogP contribution in [0.2, 0.25) is 0 Å². The average Bonchev–Trinajstić information content (AvgIpc) is 2.89. The molecule has 0 aliphatic carbocycles. The topological polar surface area (TPSA) is 126 Å². The lowest BCUT2D eigenvalue weighted by Gasteiger charge is -2.11. The predicted octanol–water partition coefficient (Wildman–Crippen LogP) is 1.68. The molecule has 1 heterocycles. The van der Waals surface area contributed by atoms with Gasteiger partial charge in [0.15, 0.2) is 0 Å². The minimum atomic E-state index is -3.67. The van der Waals surface area contributed by atoms with Gasteiger partial charge in [0, 0.05) is 11.3 Å². The van der Waals surface area contributed by atoms with Gasteiger partial charge in [0.1, 0.15) is 12.2 Å². The molecule has 0 saturated carbocycles. The molecule has 2 aromatic rings. The molecule has 1 aromatic heterocycles. The quantitative estimate of drug-likeness (QED) is 0.714. The molecular weight excluding hydrogens is 348 g/mol. The smallest absolute Gasteiger partial charge is 0.311 e. The Morgan fingerprint density at radius 3 is 2.48 bits per heavy atom. The van der Waals surface area contributed by atoms with Crippen molar-refractivity contribution in [2.75, 3.05) is 12.4 Å². The first-order valence-corrected chi connectivity index (χ1v) is 8.78. The van der Waals surface area contributed by atoms with Gasteiger partial charge in [0.05, 0.1) is 16.7 Å². The standard InChI is InChI=1S/C16H18N2O6S/c1-9-4-5-11(6-13(9)25(22,23)17-3)18-16(21)15-10(2)8-24-12(15)7-14(19)20/h4-6,8,17H,7H2,1-3H3,(H,18,21)(H,19,20). The van der Waals surface area contributed by atoms with Crippen LogP contribution in [0.1, 0.15) is 27.2 Å². The van der Waals surface area contributed by atoms with Crippen molar-refractivity contribution in [2.24, 2.45) is 0 Å². The Balaban J connectivity index is 2.35. The van der Waals surface area contributed by atoms with Crippen molar-refractivity contribution in [1.82, 2.24) is 4.72 Å². The summed E-state index contributed by atoms with van der Waals surface area (Å²) in [6.07, 6.45) is 0.878. The van der Waals surface area contributed by atoms with E-state index in [2.05, 4.69) is 10.0 Å². The lowest BCUT2D eigenvalue weighted by atomic mass is 10.1.